The molecule has 0 radical (unpaired) electrons. The largest absolute Gasteiger partial charge is 0.490 e. The van der Waals surface area contributed by atoms with Gasteiger partial charge in [0.05, 0.1) is 12.1 Å². The minimum atomic E-state index is -1.82. The van der Waals surface area contributed by atoms with E-state index in [-0.39, 0.29) is 12.0 Å². The fourth-order valence-corrected chi connectivity index (χ4v) is 4.90. The van der Waals surface area contributed by atoms with Crippen molar-refractivity contribution >= 4 is 28.4 Å². The van der Waals surface area contributed by atoms with E-state index in [0.717, 1.165) is 56.3 Å². The standard InChI is InChI=1S/C25H26N4O2.C2H2O4/c1-2-4-20-13-18(5-6-19(20)3-1)15-28-9-11-29(12-10-28)16-24-22-17-30-23-14-26-8-7-21(23)25(22)27-31-24;3-1(4)2(5)6/h1-8,13-14,22,24H,9-12,15-17H2;(H,3,4)(H,5,6). The number of fused-ring (bicyclic) bond motifs is 4. The summed E-state index contributed by atoms with van der Waals surface area (Å²) in [4.78, 5) is 33.2. The third-order valence-electron chi connectivity index (χ3n) is 6.87. The first-order valence-electron chi connectivity index (χ1n) is 12.2. The van der Waals surface area contributed by atoms with Crippen LogP contribution in [0.4, 0.5) is 0 Å². The molecule has 2 aromatic carbocycles. The van der Waals surface area contributed by atoms with Crippen molar-refractivity contribution < 1.29 is 29.4 Å². The lowest BCUT2D eigenvalue weighted by atomic mass is 9.91. The monoisotopic (exact) mass is 504 g/mol. The second-order valence-electron chi connectivity index (χ2n) is 9.28. The van der Waals surface area contributed by atoms with E-state index >= 15 is 0 Å². The van der Waals surface area contributed by atoms with E-state index in [2.05, 4.69) is 62.4 Å². The van der Waals surface area contributed by atoms with Gasteiger partial charge in [0.1, 0.15) is 18.1 Å². The number of nitrogens with zero attached hydrogens (tertiary/aromatic N) is 4. The predicted octanol–water partition coefficient (Wildman–Crippen LogP) is 2.32. The minimum absolute atomic E-state index is 0.0587. The number of aliphatic carboxylic acids is 2. The number of ether oxygens (including phenoxy) is 1. The summed E-state index contributed by atoms with van der Waals surface area (Å²) in [5.74, 6) is -2.64. The van der Waals surface area contributed by atoms with Crippen LogP contribution < -0.4 is 4.74 Å². The Balaban J connectivity index is 0.000000421. The van der Waals surface area contributed by atoms with Gasteiger partial charge in [-0.3, -0.25) is 14.8 Å². The molecule has 2 N–H and O–H groups in total. The zero-order valence-corrected chi connectivity index (χ0v) is 20.2. The van der Waals surface area contributed by atoms with Crippen LogP contribution in [-0.2, 0) is 21.0 Å². The molecule has 2 atom stereocenters. The molecule has 3 aliphatic heterocycles. The molecule has 3 aliphatic rings. The highest BCUT2D eigenvalue weighted by Gasteiger charge is 2.40. The van der Waals surface area contributed by atoms with E-state index in [0.29, 0.717) is 6.61 Å². The normalized spacial score (nSPS) is 20.9. The first kappa shape index (κ1) is 24.7. The molecule has 4 heterocycles. The lowest BCUT2D eigenvalue weighted by Gasteiger charge is -2.36. The summed E-state index contributed by atoms with van der Waals surface area (Å²) in [5.41, 5.74) is 3.43. The van der Waals surface area contributed by atoms with E-state index < -0.39 is 11.9 Å². The molecule has 10 heteroatoms. The molecule has 10 nitrogen and oxygen atoms in total. The number of carboxylic acids is 2. The number of piperazine rings is 1. The van der Waals surface area contributed by atoms with Gasteiger partial charge in [-0.05, 0) is 28.5 Å². The maximum atomic E-state index is 9.10. The number of oxime groups is 1. The first-order chi connectivity index (χ1) is 18.0. The quantitative estimate of drug-likeness (QED) is 0.515. The van der Waals surface area contributed by atoms with E-state index in [9.17, 15) is 0 Å². The molecule has 2 unspecified atom stereocenters. The van der Waals surface area contributed by atoms with Crippen molar-refractivity contribution in [3.8, 4) is 5.75 Å². The van der Waals surface area contributed by atoms with Gasteiger partial charge in [-0.2, -0.15) is 0 Å². The van der Waals surface area contributed by atoms with E-state index in [1.54, 1.807) is 12.4 Å². The van der Waals surface area contributed by atoms with Crippen LogP contribution in [0.25, 0.3) is 10.8 Å². The Kier molecular flexibility index (Phi) is 7.29. The molecule has 0 spiro atoms. The summed E-state index contributed by atoms with van der Waals surface area (Å²) in [7, 11) is 0. The maximum Gasteiger partial charge on any atom is 0.414 e. The van der Waals surface area contributed by atoms with Crippen molar-refractivity contribution in [2.45, 2.75) is 12.6 Å². The molecule has 192 valence electrons. The van der Waals surface area contributed by atoms with Gasteiger partial charge in [0.15, 0.2) is 6.10 Å². The third-order valence-corrected chi connectivity index (χ3v) is 6.87. The highest BCUT2D eigenvalue weighted by Crippen LogP contribution is 2.33. The SMILES string of the molecule is O=C(O)C(=O)O.c1ccc2cc(CN3CCN(CC4ON=C5c6ccncc6OCC54)CC3)ccc2c1. The molecule has 6 rings (SSSR count). The Morgan fingerprint density at radius 3 is 2.43 bits per heavy atom. The number of carbonyl (C=O) groups is 2. The summed E-state index contributed by atoms with van der Waals surface area (Å²) >= 11 is 0. The van der Waals surface area contributed by atoms with Crippen LogP contribution >= 0.6 is 0 Å². The van der Waals surface area contributed by atoms with Crippen LogP contribution in [0.1, 0.15) is 11.1 Å². The molecule has 3 aromatic rings. The Labute approximate surface area is 213 Å². The van der Waals surface area contributed by atoms with Gasteiger partial charge in [-0.1, -0.05) is 41.6 Å². The van der Waals surface area contributed by atoms with Crippen molar-refractivity contribution in [2.24, 2.45) is 11.1 Å². The van der Waals surface area contributed by atoms with Crippen LogP contribution in [0.3, 0.4) is 0 Å². The molecule has 1 fully saturated rings. The molecule has 37 heavy (non-hydrogen) atoms. The van der Waals surface area contributed by atoms with Gasteiger partial charge >= 0.3 is 11.9 Å². The summed E-state index contributed by atoms with van der Waals surface area (Å²) in [6.07, 6.45) is 3.61. The molecule has 0 saturated carbocycles. The summed E-state index contributed by atoms with van der Waals surface area (Å²) in [5, 5.41) is 21.8. The Hall–Kier alpha value is -4.02. The second kappa shape index (κ2) is 10.9. The van der Waals surface area contributed by atoms with Crippen LogP contribution in [-0.4, -0.2) is 88.1 Å². The van der Waals surface area contributed by atoms with Crippen molar-refractivity contribution in [1.29, 1.82) is 0 Å². The number of hydrogen-bond acceptors (Lipinski definition) is 8. The van der Waals surface area contributed by atoms with E-state index in [1.165, 1.54) is 16.3 Å². The van der Waals surface area contributed by atoms with Crippen molar-refractivity contribution in [3.63, 3.8) is 0 Å². The van der Waals surface area contributed by atoms with Gasteiger partial charge in [0, 0.05) is 51.0 Å². The fourth-order valence-electron chi connectivity index (χ4n) is 4.90. The lowest BCUT2D eigenvalue weighted by molar-refractivity contribution is -0.159. The minimum Gasteiger partial charge on any atom is -0.490 e. The highest BCUT2D eigenvalue weighted by atomic mass is 16.6. The van der Waals surface area contributed by atoms with Gasteiger partial charge in [0.2, 0.25) is 0 Å². The van der Waals surface area contributed by atoms with Crippen molar-refractivity contribution in [3.05, 3.63) is 72.1 Å². The topological polar surface area (TPSA) is 125 Å². The maximum absolute atomic E-state index is 9.10. The average molecular weight is 505 g/mol. The fraction of sp³-hybridized carbons (Fsp3) is 0.333. The highest BCUT2D eigenvalue weighted by molar-refractivity contribution is 6.27. The zero-order valence-electron chi connectivity index (χ0n) is 20.2. The van der Waals surface area contributed by atoms with Gasteiger partial charge in [0.25, 0.3) is 0 Å². The number of aromatic nitrogens is 1. The van der Waals surface area contributed by atoms with Gasteiger partial charge in [-0.25, -0.2) is 9.59 Å². The van der Waals surface area contributed by atoms with Crippen molar-refractivity contribution in [1.82, 2.24) is 14.8 Å². The molecule has 0 amide bonds. The second-order valence-corrected chi connectivity index (χ2v) is 9.28. The first-order valence-corrected chi connectivity index (χ1v) is 12.2. The Morgan fingerprint density at radius 1 is 0.946 bits per heavy atom. The molecule has 1 saturated heterocycles. The van der Waals surface area contributed by atoms with Crippen LogP contribution in [0.2, 0.25) is 0 Å². The van der Waals surface area contributed by atoms with Crippen molar-refractivity contribution in [2.75, 3.05) is 39.3 Å². The molecule has 0 bridgehead atoms. The van der Waals surface area contributed by atoms with Gasteiger partial charge < -0.3 is 19.8 Å². The van der Waals surface area contributed by atoms with Crippen LogP contribution in [0, 0.1) is 5.92 Å². The summed E-state index contributed by atoms with van der Waals surface area (Å²) in [6, 6.07) is 17.4. The molecule has 0 aliphatic carbocycles. The number of rotatable bonds is 4. The van der Waals surface area contributed by atoms with Crippen LogP contribution in [0.15, 0.2) is 66.1 Å². The summed E-state index contributed by atoms with van der Waals surface area (Å²) < 4.78 is 5.92. The Morgan fingerprint density at radius 2 is 1.68 bits per heavy atom. The molecular formula is C27H28N4O6. The predicted molar refractivity (Wildman–Crippen MR) is 136 cm³/mol. The van der Waals surface area contributed by atoms with E-state index in [4.69, 9.17) is 29.4 Å². The number of benzene rings is 2. The molecule has 1 aromatic heterocycles. The van der Waals surface area contributed by atoms with E-state index in [1.807, 2.05) is 6.07 Å². The smallest absolute Gasteiger partial charge is 0.414 e. The Bertz CT molecular complexity index is 1310. The van der Waals surface area contributed by atoms with Gasteiger partial charge in [-0.15, -0.1) is 0 Å². The summed E-state index contributed by atoms with van der Waals surface area (Å²) in [6.45, 7) is 6.77. The zero-order chi connectivity index (χ0) is 25.8. The average Bonchev–Trinajstić information content (AvgIpc) is 3.33. The molecular weight excluding hydrogens is 476 g/mol. The van der Waals surface area contributed by atoms with Crippen LogP contribution in [0.5, 0.6) is 5.75 Å². The number of carboxylic acid groups (broad SMARTS) is 2. The number of pyridine rings is 1. The lowest BCUT2D eigenvalue weighted by Crippen LogP contribution is -2.50. The number of hydrogen-bond donors (Lipinski definition) is 2. The third kappa shape index (κ3) is 5.71.